The van der Waals surface area contributed by atoms with Crippen LogP contribution in [-0.4, -0.2) is 5.91 Å². The summed E-state index contributed by atoms with van der Waals surface area (Å²) >= 11 is 0. The normalized spacial score (nSPS) is 12.7. The molecular formula is C24H37NO. The Morgan fingerprint density at radius 2 is 1.46 bits per heavy atom. The molecule has 0 aliphatic rings. The maximum Gasteiger partial charge on any atom is 0.247 e. The molecule has 2 heteroatoms. The maximum atomic E-state index is 13.0. The summed E-state index contributed by atoms with van der Waals surface area (Å²) in [5.74, 6) is 0.109. The first-order valence-electron chi connectivity index (χ1n) is 10.4. The molecule has 0 atom stereocenters. The minimum absolute atomic E-state index is 0.109. The summed E-state index contributed by atoms with van der Waals surface area (Å²) in [6, 6.07) is 10.1. The fourth-order valence-corrected chi connectivity index (χ4v) is 3.26. The summed E-state index contributed by atoms with van der Waals surface area (Å²) in [5, 5.41) is 3.15. The maximum absolute atomic E-state index is 13.0. The second kappa shape index (κ2) is 13.4. The molecular weight excluding hydrogens is 318 g/mol. The number of hydrogen-bond acceptors (Lipinski definition) is 1. The molecule has 0 spiro atoms. The SMILES string of the molecule is CCC/C=C(CCC)/C(CCC)=C(/CCC)C(=O)NCc1ccccc1. The first-order valence-corrected chi connectivity index (χ1v) is 10.4. The van der Waals surface area contributed by atoms with Gasteiger partial charge in [-0.05, 0) is 42.4 Å². The van der Waals surface area contributed by atoms with Gasteiger partial charge in [-0.2, -0.15) is 0 Å². The van der Waals surface area contributed by atoms with Crippen LogP contribution >= 0.6 is 0 Å². The number of nitrogens with one attached hydrogen (secondary N) is 1. The van der Waals surface area contributed by atoms with Gasteiger partial charge in [0.05, 0.1) is 0 Å². The van der Waals surface area contributed by atoms with Crippen LogP contribution in [0.4, 0.5) is 0 Å². The van der Waals surface area contributed by atoms with Crippen molar-refractivity contribution in [2.24, 2.45) is 0 Å². The predicted molar refractivity (Wildman–Crippen MR) is 113 cm³/mol. The van der Waals surface area contributed by atoms with Gasteiger partial charge in [-0.15, -0.1) is 0 Å². The lowest BCUT2D eigenvalue weighted by atomic mass is 9.89. The molecule has 0 fully saturated rings. The Morgan fingerprint density at radius 1 is 0.846 bits per heavy atom. The monoisotopic (exact) mass is 355 g/mol. The van der Waals surface area contributed by atoms with Gasteiger partial charge < -0.3 is 5.32 Å². The van der Waals surface area contributed by atoms with E-state index in [0.717, 1.165) is 62.5 Å². The molecule has 1 amide bonds. The third-order valence-electron chi connectivity index (χ3n) is 4.52. The van der Waals surface area contributed by atoms with Crippen LogP contribution in [0.3, 0.4) is 0 Å². The van der Waals surface area contributed by atoms with Gasteiger partial charge in [-0.1, -0.05) is 89.8 Å². The number of amides is 1. The van der Waals surface area contributed by atoms with Crippen LogP contribution in [0.5, 0.6) is 0 Å². The van der Waals surface area contributed by atoms with E-state index in [2.05, 4.69) is 51.2 Å². The molecule has 0 unspecified atom stereocenters. The first kappa shape index (κ1) is 22.2. The average Bonchev–Trinajstić information content (AvgIpc) is 2.67. The van der Waals surface area contributed by atoms with E-state index < -0.39 is 0 Å². The van der Waals surface area contributed by atoms with Crippen molar-refractivity contribution in [2.45, 2.75) is 85.6 Å². The second-order valence-electron chi connectivity index (χ2n) is 6.89. The van der Waals surface area contributed by atoms with Gasteiger partial charge in [0.1, 0.15) is 0 Å². The Bertz CT molecular complexity index is 583. The molecule has 0 bridgehead atoms. The van der Waals surface area contributed by atoms with Crippen molar-refractivity contribution in [1.29, 1.82) is 0 Å². The van der Waals surface area contributed by atoms with Gasteiger partial charge in [-0.3, -0.25) is 4.79 Å². The van der Waals surface area contributed by atoms with E-state index in [1.54, 1.807) is 0 Å². The highest BCUT2D eigenvalue weighted by Crippen LogP contribution is 2.28. The van der Waals surface area contributed by atoms with Crippen LogP contribution in [-0.2, 0) is 11.3 Å². The summed E-state index contributed by atoms with van der Waals surface area (Å²) in [6.45, 7) is 9.38. The summed E-state index contributed by atoms with van der Waals surface area (Å²) in [5.41, 5.74) is 4.84. The van der Waals surface area contributed by atoms with Crippen molar-refractivity contribution in [3.63, 3.8) is 0 Å². The Morgan fingerprint density at radius 3 is 2.04 bits per heavy atom. The molecule has 0 heterocycles. The van der Waals surface area contributed by atoms with Crippen molar-refractivity contribution >= 4 is 5.91 Å². The molecule has 1 rings (SSSR count). The van der Waals surface area contributed by atoms with Crippen LogP contribution in [0.2, 0.25) is 0 Å². The van der Waals surface area contributed by atoms with Crippen molar-refractivity contribution in [3.8, 4) is 0 Å². The molecule has 0 aromatic heterocycles. The third kappa shape index (κ3) is 7.59. The molecule has 0 aliphatic carbocycles. The van der Waals surface area contributed by atoms with Crippen molar-refractivity contribution < 1.29 is 4.79 Å². The third-order valence-corrected chi connectivity index (χ3v) is 4.52. The summed E-state index contributed by atoms with van der Waals surface area (Å²) in [4.78, 5) is 13.0. The van der Waals surface area contributed by atoms with Crippen LogP contribution in [0.25, 0.3) is 0 Å². The van der Waals surface area contributed by atoms with E-state index >= 15 is 0 Å². The topological polar surface area (TPSA) is 29.1 Å². The molecule has 0 saturated heterocycles. The van der Waals surface area contributed by atoms with E-state index in [0.29, 0.717) is 6.54 Å². The second-order valence-corrected chi connectivity index (χ2v) is 6.89. The smallest absolute Gasteiger partial charge is 0.247 e. The lowest BCUT2D eigenvalue weighted by Crippen LogP contribution is -2.26. The minimum atomic E-state index is 0.109. The number of carbonyl (C=O) groups excluding carboxylic acids is 1. The molecule has 2 nitrogen and oxygen atoms in total. The number of allylic oxidation sites excluding steroid dienone is 3. The molecule has 144 valence electrons. The number of carbonyl (C=O) groups is 1. The van der Waals surface area contributed by atoms with E-state index in [1.165, 1.54) is 11.1 Å². The van der Waals surface area contributed by atoms with E-state index in [1.807, 2.05) is 18.2 Å². The molecule has 0 aliphatic heterocycles. The Hall–Kier alpha value is -1.83. The molecule has 0 radical (unpaired) electrons. The predicted octanol–water partition coefficient (Wildman–Crippen LogP) is 6.73. The molecule has 0 saturated carbocycles. The fraction of sp³-hybridized carbons (Fsp3) is 0.542. The van der Waals surface area contributed by atoms with Gasteiger partial charge in [0, 0.05) is 12.1 Å². The average molecular weight is 356 g/mol. The van der Waals surface area contributed by atoms with E-state index in [4.69, 9.17) is 0 Å². The zero-order valence-electron chi connectivity index (χ0n) is 17.2. The Balaban J connectivity index is 3.10. The van der Waals surface area contributed by atoms with Crippen LogP contribution in [0.1, 0.15) is 84.6 Å². The number of unbranched alkanes of at least 4 members (excludes halogenated alkanes) is 1. The first-order chi connectivity index (χ1) is 12.7. The number of rotatable bonds is 12. The summed E-state index contributed by atoms with van der Waals surface area (Å²) < 4.78 is 0. The van der Waals surface area contributed by atoms with E-state index in [-0.39, 0.29) is 5.91 Å². The van der Waals surface area contributed by atoms with E-state index in [9.17, 15) is 4.79 Å². The van der Waals surface area contributed by atoms with Crippen LogP contribution in [0.15, 0.2) is 53.1 Å². The molecule has 1 aromatic carbocycles. The lowest BCUT2D eigenvalue weighted by molar-refractivity contribution is -0.117. The molecule has 1 aromatic rings. The minimum Gasteiger partial charge on any atom is -0.348 e. The van der Waals surface area contributed by atoms with Gasteiger partial charge in [-0.25, -0.2) is 0 Å². The number of benzene rings is 1. The Labute approximate surface area is 160 Å². The van der Waals surface area contributed by atoms with Gasteiger partial charge in [0.15, 0.2) is 0 Å². The van der Waals surface area contributed by atoms with Crippen LogP contribution in [0, 0.1) is 0 Å². The highest BCUT2D eigenvalue weighted by Gasteiger charge is 2.17. The number of hydrogen-bond donors (Lipinski definition) is 1. The zero-order chi connectivity index (χ0) is 19.2. The summed E-state index contributed by atoms with van der Waals surface area (Å²) in [6.07, 6.45) is 10.7. The summed E-state index contributed by atoms with van der Waals surface area (Å²) in [7, 11) is 0. The molecule has 26 heavy (non-hydrogen) atoms. The van der Waals surface area contributed by atoms with Gasteiger partial charge in [0.2, 0.25) is 5.91 Å². The van der Waals surface area contributed by atoms with Crippen molar-refractivity contribution in [2.75, 3.05) is 0 Å². The highest BCUT2D eigenvalue weighted by atomic mass is 16.1. The highest BCUT2D eigenvalue weighted by molar-refractivity contribution is 5.95. The fourth-order valence-electron chi connectivity index (χ4n) is 3.26. The van der Waals surface area contributed by atoms with Crippen LogP contribution < -0.4 is 5.32 Å². The zero-order valence-corrected chi connectivity index (χ0v) is 17.2. The standard InChI is InChI=1S/C24H37NO/c1-5-9-18-21(13-6-2)22(14-7-3)23(15-8-4)24(26)25-19-20-16-11-10-12-17-20/h10-12,16-18H,5-9,13-15,19H2,1-4H3,(H,25,26)/b21-18+,23-22-. The lowest BCUT2D eigenvalue weighted by Gasteiger charge is -2.18. The largest absolute Gasteiger partial charge is 0.348 e. The van der Waals surface area contributed by atoms with Gasteiger partial charge in [0.25, 0.3) is 0 Å². The Kier molecular flexibility index (Phi) is 11.4. The molecule has 1 N–H and O–H groups in total. The van der Waals surface area contributed by atoms with Crippen molar-refractivity contribution in [3.05, 3.63) is 58.7 Å². The quantitative estimate of drug-likeness (QED) is 0.327. The van der Waals surface area contributed by atoms with Crippen molar-refractivity contribution in [1.82, 2.24) is 5.32 Å². The van der Waals surface area contributed by atoms with Gasteiger partial charge >= 0.3 is 0 Å².